The predicted octanol–water partition coefficient (Wildman–Crippen LogP) is 2.63. The van der Waals surface area contributed by atoms with Gasteiger partial charge in [-0.3, -0.25) is 4.79 Å². The van der Waals surface area contributed by atoms with Crippen LogP contribution in [-0.2, 0) is 11.2 Å². The number of carbonyl (C=O) groups excluding carboxylic acids is 1. The van der Waals surface area contributed by atoms with Gasteiger partial charge in [0.05, 0.1) is 12.1 Å². The molecule has 86 valence electrons. The quantitative estimate of drug-likeness (QED) is 0.775. The van der Waals surface area contributed by atoms with Gasteiger partial charge in [0.15, 0.2) is 5.41 Å². The fourth-order valence-corrected chi connectivity index (χ4v) is 1.73. The molecule has 0 N–H and O–H groups in total. The van der Waals surface area contributed by atoms with Gasteiger partial charge < -0.3 is 0 Å². The van der Waals surface area contributed by atoms with Gasteiger partial charge in [0.1, 0.15) is 5.78 Å². The first-order valence-corrected chi connectivity index (χ1v) is 5.48. The molecule has 0 amide bonds. The zero-order chi connectivity index (χ0) is 12.7. The minimum atomic E-state index is -1.18. The molecule has 0 aromatic heterocycles. The molecule has 1 rings (SSSR count). The van der Waals surface area contributed by atoms with E-state index in [0.29, 0.717) is 12.8 Å². The van der Waals surface area contributed by atoms with E-state index < -0.39 is 5.41 Å². The van der Waals surface area contributed by atoms with Crippen LogP contribution in [0.25, 0.3) is 0 Å². The second kappa shape index (κ2) is 5.82. The van der Waals surface area contributed by atoms with E-state index in [2.05, 4.69) is 0 Å². The highest BCUT2D eigenvalue weighted by Crippen LogP contribution is 2.27. The number of hydrogen-bond donors (Lipinski definition) is 0. The molecule has 0 spiro atoms. The molecular weight excluding hydrogens is 212 g/mol. The van der Waals surface area contributed by atoms with E-state index in [1.54, 1.807) is 0 Å². The molecule has 0 bridgehead atoms. The van der Waals surface area contributed by atoms with Gasteiger partial charge in [0, 0.05) is 6.42 Å². The lowest BCUT2D eigenvalue weighted by Crippen LogP contribution is -2.20. The third-order valence-electron chi connectivity index (χ3n) is 2.66. The number of aryl methyl sites for hydroxylation is 1. The van der Waals surface area contributed by atoms with Gasteiger partial charge in [0.2, 0.25) is 0 Å². The van der Waals surface area contributed by atoms with E-state index in [4.69, 9.17) is 10.5 Å². The van der Waals surface area contributed by atoms with Crippen LogP contribution < -0.4 is 0 Å². The van der Waals surface area contributed by atoms with E-state index in [1.165, 1.54) is 6.92 Å². The van der Waals surface area contributed by atoms with Gasteiger partial charge >= 0.3 is 0 Å². The lowest BCUT2D eigenvalue weighted by atomic mass is 9.81. The lowest BCUT2D eigenvalue weighted by molar-refractivity contribution is -0.118. The highest BCUT2D eigenvalue weighted by atomic mass is 16.1. The summed E-state index contributed by atoms with van der Waals surface area (Å²) in [4.78, 5) is 11.1. The van der Waals surface area contributed by atoms with Crippen molar-refractivity contribution in [3.63, 3.8) is 0 Å². The first-order chi connectivity index (χ1) is 8.12. The largest absolute Gasteiger partial charge is 0.300 e. The van der Waals surface area contributed by atoms with Crippen LogP contribution in [0.15, 0.2) is 30.3 Å². The van der Waals surface area contributed by atoms with Crippen LogP contribution >= 0.6 is 0 Å². The number of nitriles is 2. The molecule has 0 heterocycles. The number of nitrogens with zero attached hydrogens (tertiary/aromatic N) is 2. The Morgan fingerprint density at radius 3 is 2.29 bits per heavy atom. The molecule has 0 saturated carbocycles. The van der Waals surface area contributed by atoms with Gasteiger partial charge in [0.25, 0.3) is 0 Å². The van der Waals surface area contributed by atoms with E-state index in [1.807, 2.05) is 42.5 Å². The van der Waals surface area contributed by atoms with Crippen LogP contribution in [0.1, 0.15) is 25.3 Å². The SMILES string of the molecule is CC(=O)CC(C#N)(C#N)CCc1ccccc1. The number of rotatable bonds is 5. The Morgan fingerprint density at radius 2 is 1.82 bits per heavy atom. The van der Waals surface area contributed by atoms with E-state index in [9.17, 15) is 4.79 Å². The molecule has 0 unspecified atom stereocenters. The Kier molecular flexibility index (Phi) is 4.43. The Labute approximate surface area is 101 Å². The van der Waals surface area contributed by atoms with Gasteiger partial charge in [-0.15, -0.1) is 0 Å². The first-order valence-electron chi connectivity index (χ1n) is 5.48. The molecule has 3 heteroatoms. The van der Waals surface area contributed by atoms with Gasteiger partial charge in [-0.05, 0) is 25.3 Å². The molecule has 0 radical (unpaired) electrons. The highest BCUT2D eigenvalue weighted by Gasteiger charge is 2.31. The predicted molar refractivity (Wildman–Crippen MR) is 63.7 cm³/mol. The molecule has 3 nitrogen and oxygen atoms in total. The number of benzene rings is 1. The number of ketones is 1. The van der Waals surface area contributed by atoms with Gasteiger partial charge in [-0.1, -0.05) is 30.3 Å². The summed E-state index contributed by atoms with van der Waals surface area (Å²) in [5, 5.41) is 18.2. The smallest absolute Gasteiger partial charge is 0.151 e. The van der Waals surface area contributed by atoms with E-state index in [-0.39, 0.29) is 12.2 Å². The van der Waals surface area contributed by atoms with Crippen molar-refractivity contribution in [2.75, 3.05) is 0 Å². The lowest BCUT2D eigenvalue weighted by Gasteiger charge is -2.16. The van der Waals surface area contributed by atoms with E-state index in [0.717, 1.165) is 5.56 Å². The Balaban J connectivity index is 2.73. The maximum atomic E-state index is 11.1. The third-order valence-corrected chi connectivity index (χ3v) is 2.66. The summed E-state index contributed by atoms with van der Waals surface area (Å²) in [6.45, 7) is 1.41. The molecule has 0 fully saturated rings. The Hall–Kier alpha value is -2.13. The standard InChI is InChI=1S/C14H14N2O/c1-12(17)9-14(10-15,11-16)8-7-13-5-3-2-4-6-13/h2-6H,7-9H2,1H3. The second-order valence-electron chi connectivity index (χ2n) is 4.17. The topological polar surface area (TPSA) is 64.7 Å². The highest BCUT2D eigenvalue weighted by molar-refractivity contribution is 5.77. The number of Topliss-reactive ketones (excluding diaryl/α,β-unsaturated/α-hetero) is 1. The number of carbonyl (C=O) groups is 1. The van der Waals surface area contributed by atoms with Crippen molar-refractivity contribution in [3.8, 4) is 12.1 Å². The second-order valence-corrected chi connectivity index (χ2v) is 4.17. The molecule has 17 heavy (non-hydrogen) atoms. The fraction of sp³-hybridized carbons (Fsp3) is 0.357. The van der Waals surface area contributed by atoms with Crippen molar-refractivity contribution < 1.29 is 4.79 Å². The summed E-state index contributed by atoms with van der Waals surface area (Å²) >= 11 is 0. The molecule has 0 aliphatic heterocycles. The summed E-state index contributed by atoms with van der Waals surface area (Å²) in [6.07, 6.45) is 1.03. The summed E-state index contributed by atoms with van der Waals surface area (Å²) in [5.41, 5.74) is -0.104. The Morgan fingerprint density at radius 1 is 1.24 bits per heavy atom. The summed E-state index contributed by atoms with van der Waals surface area (Å²) in [5.74, 6) is -0.124. The zero-order valence-corrected chi connectivity index (χ0v) is 9.81. The van der Waals surface area contributed by atoms with Crippen LogP contribution in [0.5, 0.6) is 0 Å². The zero-order valence-electron chi connectivity index (χ0n) is 9.81. The minimum Gasteiger partial charge on any atom is -0.300 e. The molecule has 0 aliphatic carbocycles. The normalized spacial score (nSPS) is 10.3. The molecule has 0 saturated heterocycles. The average molecular weight is 226 g/mol. The van der Waals surface area contributed by atoms with Gasteiger partial charge in [-0.2, -0.15) is 10.5 Å². The molecular formula is C14H14N2O. The van der Waals surface area contributed by atoms with Crippen molar-refractivity contribution in [2.24, 2.45) is 5.41 Å². The van der Waals surface area contributed by atoms with Crippen LogP contribution in [0.2, 0.25) is 0 Å². The fourth-order valence-electron chi connectivity index (χ4n) is 1.73. The summed E-state index contributed by atoms with van der Waals surface area (Å²) in [6, 6.07) is 13.6. The molecule has 0 atom stereocenters. The van der Waals surface area contributed by atoms with E-state index >= 15 is 0 Å². The van der Waals surface area contributed by atoms with Crippen molar-refractivity contribution in [3.05, 3.63) is 35.9 Å². The molecule has 1 aromatic rings. The van der Waals surface area contributed by atoms with Gasteiger partial charge in [-0.25, -0.2) is 0 Å². The molecule has 0 aliphatic rings. The van der Waals surface area contributed by atoms with Crippen molar-refractivity contribution in [1.82, 2.24) is 0 Å². The maximum absolute atomic E-state index is 11.1. The average Bonchev–Trinajstić information content (AvgIpc) is 2.35. The maximum Gasteiger partial charge on any atom is 0.151 e. The van der Waals surface area contributed by atoms with Crippen molar-refractivity contribution in [1.29, 1.82) is 10.5 Å². The van der Waals surface area contributed by atoms with Crippen molar-refractivity contribution >= 4 is 5.78 Å². The number of hydrogen-bond acceptors (Lipinski definition) is 3. The van der Waals surface area contributed by atoms with Crippen LogP contribution in [0.3, 0.4) is 0 Å². The first kappa shape index (κ1) is 12.9. The Bertz CT molecular complexity index is 451. The van der Waals surface area contributed by atoms with Crippen LogP contribution in [0, 0.1) is 28.1 Å². The molecule has 1 aromatic carbocycles. The van der Waals surface area contributed by atoms with Crippen LogP contribution in [0.4, 0.5) is 0 Å². The third kappa shape index (κ3) is 3.74. The monoisotopic (exact) mass is 226 g/mol. The minimum absolute atomic E-state index is 0.00678. The summed E-state index contributed by atoms with van der Waals surface area (Å²) in [7, 11) is 0. The van der Waals surface area contributed by atoms with Crippen LogP contribution in [-0.4, -0.2) is 5.78 Å². The van der Waals surface area contributed by atoms with Crippen molar-refractivity contribution in [2.45, 2.75) is 26.2 Å². The summed E-state index contributed by atoms with van der Waals surface area (Å²) < 4.78 is 0.